The second-order valence-electron chi connectivity index (χ2n) is 5.39. The molecule has 0 saturated heterocycles. The highest BCUT2D eigenvalue weighted by atomic mass is 79.9. The van der Waals surface area contributed by atoms with Crippen molar-refractivity contribution >= 4 is 50.6 Å². The van der Waals surface area contributed by atoms with E-state index in [1.807, 2.05) is 0 Å². The van der Waals surface area contributed by atoms with E-state index in [0.717, 1.165) is 5.76 Å². The van der Waals surface area contributed by atoms with Gasteiger partial charge in [0.15, 0.2) is 6.61 Å². The standard InChI is InChI=1S/C17H14BrN3O5/c1-9-2-3-10(26-9)4-5-16(23)25-8-15(22)19-12-7-14-13(6-11(12)18)20-17(24)21-14/h2-7H,8H2,1H3,(H,19,22)(H2,20,21,24). The fraction of sp³-hybridized carbons (Fsp3) is 0.118. The molecule has 0 aliphatic rings. The van der Waals surface area contributed by atoms with Gasteiger partial charge in [-0.3, -0.25) is 4.79 Å². The van der Waals surface area contributed by atoms with Crippen molar-refractivity contribution in [2.75, 3.05) is 11.9 Å². The number of benzene rings is 1. The molecule has 0 unspecified atom stereocenters. The van der Waals surface area contributed by atoms with Crippen LogP contribution in [0.4, 0.5) is 5.69 Å². The molecule has 1 aromatic carbocycles. The van der Waals surface area contributed by atoms with E-state index in [9.17, 15) is 14.4 Å². The highest BCUT2D eigenvalue weighted by Gasteiger charge is 2.10. The normalized spacial score (nSPS) is 11.2. The lowest BCUT2D eigenvalue weighted by Gasteiger charge is -2.07. The molecule has 134 valence electrons. The predicted octanol–water partition coefficient (Wildman–Crippen LogP) is 2.72. The largest absolute Gasteiger partial charge is 0.462 e. The number of H-pyrrole nitrogens is 2. The molecule has 26 heavy (non-hydrogen) atoms. The number of fused-ring (bicyclic) bond motifs is 1. The Morgan fingerprint density at radius 3 is 2.69 bits per heavy atom. The molecule has 0 aliphatic heterocycles. The molecular formula is C17H14BrN3O5. The number of hydrogen-bond acceptors (Lipinski definition) is 5. The van der Waals surface area contributed by atoms with Gasteiger partial charge in [0.2, 0.25) is 0 Å². The first-order valence-corrected chi connectivity index (χ1v) is 8.33. The summed E-state index contributed by atoms with van der Waals surface area (Å²) in [6, 6.07) is 6.73. The summed E-state index contributed by atoms with van der Waals surface area (Å²) < 4.78 is 10.7. The Kier molecular flexibility index (Phi) is 5.08. The Morgan fingerprint density at radius 2 is 2.00 bits per heavy atom. The number of halogens is 1. The lowest BCUT2D eigenvalue weighted by molar-refractivity contribution is -0.142. The zero-order valence-corrected chi connectivity index (χ0v) is 15.2. The summed E-state index contributed by atoms with van der Waals surface area (Å²) in [5, 5.41) is 2.60. The van der Waals surface area contributed by atoms with E-state index in [-0.39, 0.29) is 5.69 Å². The number of anilines is 1. The van der Waals surface area contributed by atoms with Crippen LogP contribution in [-0.4, -0.2) is 28.5 Å². The molecule has 3 rings (SSSR count). The van der Waals surface area contributed by atoms with Crippen LogP contribution in [0.2, 0.25) is 0 Å². The first-order chi connectivity index (χ1) is 12.4. The molecule has 0 bridgehead atoms. The molecule has 0 saturated carbocycles. The van der Waals surface area contributed by atoms with Gasteiger partial charge in [-0.25, -0.2) is 9.59 Å². The van der Waals surface area contributed by atoms with Crippen molar-refractivity contribution in [2.24, 2.45) is 0 Å². The van der Waals surface area contributed by atoms with Gasteiger partial charge < -0.3 is 24.4 Å². The van der Waals surface area contributed by atoms with Gasteiger partial charge in [-0.2, -0.15) is 0 Å². The van der Waals surface area contributed by atoms with Crippen molar-refractivity contribution < 1.29 is 18.7 Å². The average molecular weight is 420 g/mol. The quantitative estimate of drug-likeness (QED) is 0.434. The Hall–Kier alpha value is -3.07. The van der Waals surface area contributed by atoms with E-state index >= 15 is 0 Å². The molecule has 1 amide bonds. The van der Waals surface area contributed by atoms with E-state index in [1.165, 1.54) is 12.2 Å². The highest BCUT2D eigenvalue weighted by Crippen LogP contribution is 2.26. The second kappa shape index (κ2) is 7.44. The number of aromatic amines is 2. The molecule has 2 aromatic heterocycles. The minimum atomic E-state index is -0.668. The zero-order valence-electron chi connectivity index (χ0n) is 13.6. The van der Waals surface area contributed by atoms with E-state index in [2.05, 4.69) is 31.2 Å². The summed E-state index contributed by atoms with van der Waals surface area (Å²) in [4.78, 5) is 40.1. The number of nitrogens with one attached hydrogen (secondary N) is 3. The van der Waals surface area contributed by atoms with Crippen molar-refractivity contribution in [2.45, 2.75) is 6.92 Å². The molecule has 0 radical (unpaired) electrons. The van der Waals surface area contributed by atoms with Crippen molar-refractivity contribution in [1.82, 2.24) is 9.97 Å². The van der Waals surface area contributed by atoms with Crippen LogP contribution in [0.3, 0.4) is 0 Å². The highest BCUT2D eigenvalue weighted by molar-refractivity contribution is 9.10. The molecule has 0 aliphatic carbocycles. The smallest absolute Gasteiger partial charge is 0.331 e. The number of ether oxygens (including phenoxy) is 1. The third-order valence-electron chi connectivity index (χ3n) is 3.37. The number of aromatic nitrogens is 2. The van der Waals surface area contributed by atoms with Crippen LogP contribution in [0.25, 0.3) is 17.1 Å². The number of furan rings is 1. The molecule has 0 fully saturated rings. The van der Waals surface area contributed by atoms with Crippen molar-refractivity contribution in [3.05, 3.63) is 56.8 Å². The van der Waals surface area contributed by atoms with Crippen LogP contribution >= 0.6 is 15.9 Å². The number of hydrogen-bond donors (Lipinski definition) is 3. The van der Waals surface area contributed by atoms with Gasteiger partial charge >= 0.3 is 11.7 Å². The Labute approximate surface area is 155 Å². The van der Waals surface area contributed by atoms with Crippen LogP contribution < -0.4 is 11.0 Å². The first kappa shape index (κ1) is 17.7. The molecule has 2 heterocycles. The summed E-state index contributed by atoms with van der Waals surface area (Å²) in [7, 11) is 0. The SMILES string of the molecule is Cc1ccc(C=CC(=O)OCC(=O)Nc2cc3[nH]c(=O)[nH]c3cc2Br)o1. The van der Waals surface area contributed by atoms with Gasteiger partial charge in [-0.05, 0) is 53.2 Å². The third-order valence-corrected chi connectivity index (χ3v) is 4.02. The average Bonchev–Trinajstić information content (AvgIpc) is 3.15. The van der Waals surface area contributed by atoms with Crippen LogP contribution in [-0.2, 0) is 14.3 Å². The van der Waals surface area contributed by atoms with Gasteiger partial charge in [-0.1, -0.05) is 0 Å². The number of rotatable bonds is 5. The number of aryl methyl sites for hydroxylation is 1. The summed E-state index contributed by atoms with van der Waals surface area (Å²) in [5.41, 5.74) is 1.24. The van der Waals surface area contributed by atoms with Crippen molar-refractivity contribution in [1.29, 1.82) is 0 Å². The van der Waals surface area contributed by atoms with Crippen molar-refractivity contribution in [3.8, 4) is 0 Å². The topological polar surface area (TPSA) is 117 Å². The third kappa shape index (κ3) is 4.31. The van der Waals surface area contributed by atoms with Gasteiger partial charge in [0.25, 0.3) is 5.91 Å². The number of imidazole rings is 1. The summed E-state index contributed by atoms with van der Waals surface area (Å²) in [6.07, 6.45) is 2.64. The molecule has 0 atom stereocenters. The fourth-order valence-electron chi connectivity index (χ4n) is 2.22. The van der Waals surface area contributed by atoms with Gasteiger partial charge in [0.05, 0.1) is 16.7 Å². The van der Waals surface area contributed by atoms with Crippen LogP contribution in [0, 0.1) is 6.92 Å². The van der Waals surface area contributed by atoms with Crippen molar-refractivity contribution in [3.63, 3.8) is 0 Å². The van der Waals surface area contributed by atoms with Gasteiger partial charge in [0.1, 0.15) is 11.5 Å². The van der Waals surface area contributed by atoms with E-state index in [4.69, 9.17) is 9.15 Å². The number of carbonyl (C=O) groups excluding carboxylic acids is 2. The van der Waals surface area contributed by atoms with Gasteiger partial charge in [0, 0.05) is 10.5 Å². The molecular weight excluding hydrogens is 406 g/mol. The van der Waals surface area contributed by atoms with Crippen LogP contribution in [0.15, 0.2) is 44.0 Å². The van der Waals surface area contributed by atoms with E-state index in [0.29, 0.717) is 27.0 Å². The molecule has 8 nitrogen and oxygen atoms in total. The second-order valence-corrected chi connectivity index (χ2v) is 6.25. The summed E-state index contributed by atoms with van der Waals surface area (Å²) in [6.45, 7) is 1.34. The minimum Gasteiger partial charge on any atom is -0.462 e. The lowest BCUT2D eigenvalue weighted by atomic mass is 10.2. The molecule has 9 heteroatoms. The maximum Gasteiger partial charge on any atom is 0.331 e. The maximum atomic E-state index is 12.0. The monoisotopic (exact) mass is 419 g/mol. The van der Waals surface area contributed by atoms with Gasteiger partial charge in [-0.15, -0.1) is 0 Å². The number of carbonyl (C=O) groups is 2. The molecule has 3 aromatic rings. The molecule has 3 N–H and O–H groups in total. The number of esters is 1. The Balaban J connectivity index is 1.57. The summed E-state index contributed by atoms with van der Waals surface area (Å²) in [5.74, 6) is 0.0579. The first-order valence-electron chi connectivity index (χ1n) is 7.53. The van der Waals surface area contributed by atoms with E-state index < -0.39 is 18.5 Å². The number of amides is 1. The Morgan fingerprint density at radius 1 is 1.27 bits per heavy atom. The summed E-state index contributed by atoms with van der Waals surface area (Å²) >= 11 is 3.31. The maximum absolute atomic E-state index is 12.0. The fourth-order valence-corrected chi connectivity index (χ4v) is 2.66. The van der Waals surface area contributed by atoms with E-state index in [1.54, 1.807) is 31.2 Å². The van der Waals surface area contributed by atoms with Crippen LogP contribution in [0.5, 0.6) is 0 Å². The zero-order chi connectivity index (χ0) is 18.7. The molecule has 0 spiro atoms. The Bertz CT molecular complexity index is 1060. The predicted molar refractivity (Wildman–Crippen MR) is 98.7 cm³/mol. The minimum absolute atomic E-state index is 0.345. The van der Waals surface area contributed by atoms with Crippen LogP contribution in [0.1, 0.15) is 11.5 Å². The lowest BCUT2D eigenvalue weighted by Crippen LogP contribution is -2.20.